The zero-order valence-electron chi connectivity index (χ0n) is 28.8. The molecule has 0 saturated heterocycles. The van der Waals surface area contributed by atoms with E-state index in [1.54, 1.807) is 11.0 Å². The van der Waals surface area contributed by atoms with Crippen molar-refractivity contribution in [1.82, 2.24) is 5.32 Å². The van der Waals surface area contributed by atoms with Crippen molar-refractivity contribution in [1.29, 1.82) is 0 Å². The maximum absolute atomic E-state index is 14.8. The number of anilines is 3. The molecule has 7 heteroatoms. The SMILES string of the molecule is C=CC[C@H](C(N)=O)[C@@H](CC1CCC1)C(=O)NC1CN(c2ccccc2)c2ccccc2N(Cc2cccc(-c3ccc4ccccc4c3)c2)C1=O. The maximum Gasteiger partial charge on any atom is 0.251 e. The summed E-state index contributed by atoms with van der Waals surface area (Å²) in [4.78, 5) is 45.7. The first-order valence-corrected chi connectivity index (χ1v) is 17.9. The number of rotatable bonds is 12. The zero-order valence-corrected chi connectivity index (χ0v) is 28.8. The summed E-state index contributed by atoms with van der Waals surface area (Å²) in [5, 5.41) is 5.49. The van der Waals surface area contributed by atoms with E-state index >= 15 is 0 Å². The second-order valence-corrected chi connectivity index (χ2v) is 13.9. The van der Waals surface area contributed by atoms with E-state index in [4.69, 9.17) is 5.73 Å². The molecule has 1 saturated carbocycles. The fraction of sp³-hybridized carbons (Fsp3) is 0.250. The first-order valence-electron chi connectivity index (χ1n) is 17.9. The van der Waals surface area contributed by atoms with Crippen LogP contribution >= 0.6 is 0 Å². The van der Waals surface area contributed by atoms with Crippen LogP contribution in [0, 0.1) is 17.8 Å². The molecule has 3 amide bonds. The van der Waals surface area contributed by atoms with Gasteiger partial charge in [-0.05, 0) is 82.6 Å². The van der Waals surface area contributed by atoms with Gasteiger partial charge in [-0.2, -0.15) is 0 Å². The van der Waals surface area contributed by atoms with Crippen molar-refractivity contribution in [2.75, 3.05) is 16.3 Å². The van der Waals surface area contributed by atoms with E-state index in [0.29, 0.717) is 25.3 Å². The normalized spacial score (nSPS) is 17.2. The zero-order chi connectivity index (χ0) is 35.3. The molecule has 258 valence electrons. The monoisotopic (exact) mass is 676 g/mol. The second kappa shape index (κ2) is 15.1. The summed E-state index contributed by atoms with van der Waals surface area (Å²) in [6.07, 6.45) is 5.67. The highest BCUT2D eigenvalue weighted by molar-refractivity contribution is 6.04. The highest BCUT2D eigenvalue weighted by Crippen LogP contribution is 2.39. The Labute approximate surface area is 299 Å². The lowest BCUT2D eigenvalue weighted by molar-refractivity contribution is -0.136. The molecule has 7 nitrogen and oxygen atoms in total. The van der Waals surface area contributed by atoms with E-state index in [1.165, 1.54) is 10.8 Å². The molecule has 1 unspecified atom stereocenters. The molecule has 1 fully saturated rings. The Morgan fingerprint density at radius 2 is 1.51 bits per heavy atom. The van der Waals surface area contributed by atoms with Gasteiger partial charge in [-0.15, -0.1) is 6.58 Å². The number of nitrogens with zero attached hydrogens (tertiary/aromatic N) is 2. The average molecular weight is 677 g/mol. The van der Waals surface area contributed by atoms with Crippen molar-refractivity contribution in [3.8, 4) is 11.1 Å². The Morgan fingerprint density at radius 1 is 0.804 bits per heavy atom. The van der Waals surface area contributed by atoms with Crippen LogP contribution in [0.25, 0.3) is 21.9 Å². The molecule has 0 aromatic heterocycles. The van der Waals surface area contributed by atoms with Crippen molar-refractivity contribution < 1.29 is 14.4 Å². The molecular weight excluding hydrogens is 633 g/mol. The van der Waals surface area contributed by atoms with Crippen molar-refractivity contribution >= 4 is 45.6 Å². The summed E-state index contributed by atoms with van der Waals surface area (Å²) in [6.45, 7) is 4.35. The Hall–Kier alpha value is -5.69. The van der Waals surface area contributed by atoms with Gasteiger partial charge in [0.2, 0.25) is 11.8 Å². The third-order valence-electron chi connectivity index (χ3n) is 10.5. The molecule has 5 aromatic carbocycles. The molecule has 7 rings (SSSR count). The van der Waals surface area contributed by atoms with Crippen LogP contribution in [0.1, 0.15) is 37.7 Å². The Balaban J connectivity index is 1.25. The van der Waals surface area contributed by atoms with Gasteiger partial charge in [0.15, 0.2) is 0 Å². The summed E-state index contributed by atoms with van der Waals surface area (Å²) in [5.41, 5.74) is 11.5. The second-order valence-electron chi connectivity index (χ2n) is 13.9. The minimum Gasteiger partial charge on any atom is -0.369 e. The van der Waals surface area contributed by atoms with E-state index < -0.39 is 23.8 Å². The van der Waals surface area contributed by atoms with Crippen molar-refractivity contribution in [3.05, 3.63) is 140 Å². The largest absolute Gasteiger partial charge is 0.369 e. The van der Waals surface area contributed by atoms with E-state index in [0.717, 1.165) is 53.0 Å². The molecular formula is C44H44N4O3. The number of amides is 3. The molecule has 51 heavy (non-hydrogen) atoms. The lowest BCUT2D eigenvalue weighted by Crippen LogP contribution is -2.54. The molecule has 1 aliphatic carbocycles. The van der Waals surface area contributed by atoms with Crippen LogP contribution in [0.3, 0.4) is 0 Å². The standard InChI is InChI=1S/C44H44N4O3/c1-2-12-37(42(45)49)38(26-30-13-10-14-30)43(50)46-39-29-47(36-19-4-3-5-20-36)40-21-8-9-22-41(40)48(44(39)51)28-31-15-11-18-33(25-31)35-24-23-32-16-6-7-17-34(32)27-35/h2-9,11,15-25,27,30,37-39H,1,10,12-14,26,28-29H2,(H2,45,49)(H,46,50)/t37-,38+,39?/m0/s1. The fourth-order valence-corrected chi connectivity index (χ4v) is 7.59. The topological polar surface area (TPSA) is 95.7 Å². The average Bonchev–Trinajstić information content (AvgIpc) is 3.25. The number of fused-ring (bicyclic) bond motifs is 2. The summed E-state index contributed by atoms with van der Waals surface area (Å²) in [6, 6.07) is 40.0. The third-order valence-corrected chi connectivity index (χ3v) is 10.5. The van der Waals surface area contributed by atoms with Gasteiger partial charge in [0.25, 0.3) is 5.91 Å². The van der Waals surface area contributed by atoms with Gasteiger partial charge in [0.1, 0.15) is 6.04 Å². The lowest BCUT2D eigenvalue weighted by atomic mass is 9.74. The van der Waals surface area contributed by atoms with Crippen LogP contribution in [0.4, 0.5) is 17.1 Å². The highest BCUT2D eigenvalue weighted by atomic mass is 16.2. The lowest BCUT2D eigenvalue weighted by Gasteiger charge is -2.33. The number of primary amides is 1. The summed E-state index contributed by atoms with van der Waals surface area (Å²) >= 11 is 0. The van der Waals surface area contributed by atoms with Crippen molar-refractivity contribution in [3.63, 3.8) is 0 Å². The molecule has 0 spiro atoms. The van der Waals surface area contributed by atoms with Crippen molar-refractivity contribution in [2.45, 2.75) is 44.7 Å². The number of nitrogens with one attached hydrogen (secondary N) is 1. The quantitative estimate of drug-likeness (QED) is 0.130. The predicted molar refractivity (Wildman–Crippen MR) is 205 cm³/mol. The van der Waals surface area contributed by atoms with E-state index in [9.17, 15) is 14.4 Å². The molecule has 5 aromatic rings. The maximum atomic E-state index is 14.8. The van der Waals surface area contributed by atoms with Crippen LogP contribution in [-0.4, -0.2) is 30.3 Å². The summed E-state index contributed by atoms with van der Waals surface area (Å²) in [7, 11) is 0. The molecule has 3 N–H and O–H groups in total. The summed E-state index contributed by atoms with van der Waals surface area (Å²) < 4.78 is 0. The minimum absolute atomic E-state index is 0.216. The number of benzene rings is 5. The Morgan fingerprint density at radius 3 is 2.24 bits per heavy atom. The molecule has 3 atom stereocenters. The highest BCUT2D eigenvalue weighted by Gasteiger charge is 2.40. The molecule has 1 aliphatic heterocycles. The smallest absolute Gasteiger partial charge is 0.251 e. The number of carbonyl (C=O) groups excluding carboxylic acids is 3. The van der Waals surface area contributed by atoms with Crippen LogP contribution in [0.15, 0.2) is 134 Å². The molecule has 0 bridgehead atoms. The van der Waals surface area contributed by atoms with Gasteiger partial charge in [0, 0.05) is 5.69 Å². The number of allylic oxidation sites excluding steroid dienone is 1. The van der Waals surface area contributed by atoms with E-state index in [2.05, 4.69) is 59.3 Å². The molecule has 1 heterocycles. The molecule has 2 aliphatic rings. The fourth-order valence-electron chi connectivity index (χ4n) is 7.59. The van der Waals surface area contributed by atoms with E-state index in [1.807, 2.05) is 78.9 Å². The predicted octanol–water partition coefficient (Wildman–Crippen LogP) is 8.16. The first-order chi connectivity index (χ1) is 24.9. The van der Waals surface area contributed by atoms with Gasteiger partial charge < -0.3 is 20.9 Å². The van der Waals surface area contributed by atoms with Crippen LogP contribution in [-0.2, 0) is 20.9 Å². The first kappa shape index (κ1) is 33.8. The van der Waals surface area contributed by atoms with Crippen LogP contribution in [0.5, 0.6) is 0 Å². The van der Waals surface area contributed by atoms with Gasteiger partial charge in [-0.1, -0.05) is 110 Å². The number of para-hydroxylation sites is 3. The van der Waals surface area contributed by atoms with Gasteiger partial charge in [-0.25, -0.2) is 0 Å². The number of hydrogen-bond donors (Lipinski definition) is 2. The number of nitrogens with two attached hydrogens (primary N) is 1. The van der Waals surface area contributed by atoms with Gasteiger partial charge in [-0.3, -0.25) is 14.4 Å². The number of hydrogen-bond acceptors (Lipinski definition) is 4. The van der Waals surface area contributed by atoms with Crippen LogP contribution in [0.2, 0.25) is 0 Å². The molecule has 0 radical (unpaired) electrons. The van der Waals surface area contributed by atoms with Gasteiger partial charge in [0.05, 0.1) is 36.3 Å². The third kappa shape index (κ3) is 7.29. The van der Waals surface area contributed by atoms with E-state index in [-0.39, 0.29) is 18.4 Å². The van der Waals surface area contributed by atoms with Crippen LogP contribution < -0.4 is 20.9 Å². The number of carbonyl (C=O) groups is 3. The summed E-state index contributed by atoms with van der Waals surface area (Å²) in [5.74, 6) is -2.04. The minimum atomic E-state index is -0.894. The van der Waals surface area contributed by atoms with Gasteiger partial charge >= 0.3 is 0 Å². The Kier molecular flexibility index (Phi) is 9.97. The Bertz CT molecular complexity index is 2060. The van der Waals surface area contributed by atoms with Crippen molar-refractivity contribution in [2.24, 2.45) is 23.5 Å².